The van der Waals surface area contributed by atoms with Crippen molar-refractivity contribution in [3.8, 4) is 0 Å². The van der Waals surface area contributed by atoms with Gasteiger partial charge < -0.3 is 0 Å². The summed E-state index contributed by atoms with van der Waals surface area (Å²) in [7, 11) is 0. The highest BCUT2D eigenvalue weighted by molar-refractivity contribution is 6.30. The van der Waals surface area contributed by atoms with Gasteiger partial charge >= 0.3 is 0 Å². The molecule has 0 aliphatic rings. The van der Waals surface area contributed by atoms with Crippen molar-refractivity contribution in [1.29, 1.82) is 0 Å². The van der Waals surface area contributed by atoms with E-state index in [1.54, 1.807) is 48.5 Å². The fraction of sp³-hybridized carbons (Fsp3) is 0.143. The molecule has 0 aliphatic heterocycles. The third-order valence-electron chi connectivity index (χ3n) is 4.00. The second kappa shape index (κ2) is 7.59. The quantitative estimate of drug-likeness (QED) is 0.508. The summed E-state index contributed by atoms with van der Waals surface area (Å²) in [5.74, 6) is -0.303. The van der Waals surface area contributed by atoms with E-state index in [4.69, 9.17) is 11.6 Å². The summed E-state index contributed by atoms with van der Waals surface area (Å²) in [6.45, 7) is 0. The highest BCUT2D eigenvalue weighted by Crippen LogP contribution is 2.24. The fourth-order valence-corrected chi connectivity index (χ4v) is 2.80. The first kappa shape index (κ1) is 16.7. The molecule has 3 heteroatoms. The predicted molar refractivity (Wildman–Crippen MR) is 94.7 cm³/mol. The molecule has 0 bridgehead atoms. The monoisotopic (exact) mass is 342 g/mol. The van der Waals surface area contributed by atoms with Crippen LogP contribution in [0.5, 0.6) is 0 Å². The van der Waals surface area contributed by atoms with Crippen LogP contribution in [0.1, 0.15) is 28.4 Å². The molecule has 0 amide bonds. The van der Waals surface area contributed by atoms with Gasteiger partial charge in [0.05, 0.1) is 0 Å². The summed E-state index contributed by atoms with van der Waals surface area (Å²) in [6, 6.07) is 21.2. The highest BCUT2D eigenvalue weighted by atomic mass is 35.5. The van der Waals surface area contributed by atoms with Crippen molar-refractivity contribution in [2.24, 2.45) is 0 Å². The molecule has 0 radical (unpaired) electrons. The Balaban J connectivity index is 1.71. The average molecular weight is 343 g/mol. The predicted octanol–water partition coefficient (Wildman–Crippen LogP) is 6.32. The molecule has 0 aliphatic carbocycles. The number of halogens is 3. The van der Waals surface area contributed by atoms with E-state index in [9.17, 15) is 8.78 Å². The minimum absolute atomic E-state index is 0.169. The van der Waals surface area contributed by atoms with Gasteiger partial charge in [0.2, 0.25) is 0 Å². The van der Waals surface area contributed by atoms with E-state index in [-0.39, 0.29) is 12.2 Å². The minimum Gasteiger partial charge on any atom is -0.242 e. The minimum atomic E-state index is -1.13. The first-order chi connectivity index (χ1) is 11.6. The van der Waals surface area contributed by atoms with Crippen LogP contribution in [0.25, 0.3) is 0 Å². The average Bonchev–Trinajstić information content (AvgIpc) is 2.60. The molecule has 0 saturated heterocycles. The summed E-state index contributed by atoms with van der Waals surface area (Å²) in [6.07, 6.45) is -0.476. The van der Waals surface area contributed by atoms with Crippen molar-refractivity contribution in [1.82, 2.24) is 0 Å². The van der Waals surface area contributed by atoms with E-state index in [2.05, 4.69) is 0 Å². The number of alkyl halides is 1. The van der Waals surface area contributed by atoms with E-state index in [0.717, 1.165) is 5.56 Å². The number of rotatable bonds is 5. The maximum Gasteiger partial charge on any atom is 0.129 e. The maximum atomic E-state index is 14.3. The SMILES string of the molecule is Fc1cc(C[C@H](F)c2ccccc2)ccc1Cc1ccc(Cl)cc1. The van der Waals surface area contributed by atoms with Crippen LogP contribution in [0.15, 0.2) is 72.8 Å². The topological polar surface area (TPSA) is 0 Å². The van der Waals surface area contributed by atoms with E-state index in [0.29, 0.717) is 28.1 Å². The number of hydrogen-bond acceptors (Lipinski definition) is 0. The van der Waals surface area contributed by atoms with Gasteiger partial charge in [0.25, 0.3) is 0 Å². The van der Waals surface area contributed by atoms with Gasteiger partial charge in [-0.15, -0.1) is 0 Å². The Morgan fingerprint density at radius 1 is 0.833 bits per heavy atom. The molecule has 0 spiro atoms. The van der Waals surface area contributed by atoms with Crippen LogP contribution < -0.4 is 0 Å². The van der Waals surface area contributed by atoms with Crippen molar-refractivity contribution in [2.75, 3.05) is 0 Å². The zero-order chi connectivity index (χ0) is 16.9. The van der Waals surface area contributed by atoms with Crippen molar-refractivity contribution >= 4 is 11.6 Å². The molecule has 0 saturated carbocycles. The normalized spacial score (nSPS) is 12.1. The third kappa shape index (κ3) is 4.21. The van der Waals surface area contributed by atoms with Crippen molar-refractivity contribution in [2.45, 2.75) is 19.0 Å². The Hall–Kier alpha value is -2.19. The summed E-state index contributed by atoms with van der Waals surface area (Å²) in [4.78, 5) is 0. The van der Waals surface area contributed by atoms with Crippen LogP contribution in [-0.2, 0) is 12.8 Å². The molecule has 0 heterocycles. The fourth-order valence-electron chi connectivity index (χ4n) is 2.67. The molecule has 0 unspecified atom stereocenters. The number of hydrogen-bond donors (Lipinski definition) is 0. The van der Waals surface area contributed by atoms with Gasteiger partial charge in [0.15, 0.2) is 0 Å². The molecular formula is C21H17ClF2. The van der Waals surface area contributed by atoms with Gasteiger partial charge in [0.1, 0.15) is 12.0 Å². The first-order valence-corrected chi connectivity index (χ1v) is 8.20. The maximum absolute atomic E-state index is 14.3. The molecule has 0 nitrogen and oxygen atoms in total. The Labute approximate surface area is 145 Å². The highest BCUT2D eigenvalue weighted by Gasteiger charge is 2.12. The van der Waals surface area contributed by atoms with E-state index in [1.165, 1.54) is 6.07 Å². The zero-order valence-electron chi connectivity index (χ0n) is 13.1. The van der Waals surface area contributed by atoms with E-state index >= 15 is 0 Å². The molecule has 24 heavy (non-hydrogen) atoms. The lowest BCUT2D eigenvalue weighted by Gasteiger charge is -2.10. The van der Waals surface area contributed by atoms with Crippen LogP contribution in [0.3, 0.4) is 0 Å². The molecule has 0 aromatic heterocycles. The van der Waals surface area contributed by atoms with E-state index in [1.807, 2.05) is 18.2 Å². The third-order valence-corrected chi connectivity index (χ3v) is 4.25. The van der Waals surface area contributed by atoms with Gasteiger partial charge in [-0.1, -0.05) is 66.2 Å². The summed E-state index contributed by atoms with van der Waals surface area (Å²) >= 11 is 5.86. The largest absolute Gasteiger partial charge is 0.242 e. The van der Waals surface area contributed by atoms with Gasteiger partial charge in [-0.05, 0) is 40.5 Å². The molecule has 3 aromatic rings. The lowest BCUT2D eigenvalue weighted by molar-refractivity contribution is 0.342. The lowest BCUT2D eigenvalue weighted by atomic mass is 9.99. The van der Waals surface area contributed by atoms with Crippen LogP contribution >= 0.6 is 11.6 Å². The molecule has 0 fully saturated rings. The second-order valence-electron chi connectivity index (χ2n) is 5.81. The molecule has 0 N–H and O–H groups in total. The standard InChI is InChI=1S/C21H17ClF2/c22-19-10-7-15(8-11-19)12-18-9-6-16(14-21(18)24)13-20(23)17-4-2-1-3-5-17/h1-11,14,20H,12-13H2/t20-/m0/s1. The zero-order valence-corrected chi connectivity index (χ0v) is 13.8. The second-order valence-corrected chi connectivity index (χ2v) is 6.25. The molecule has 1 atom stereocenters. The van der Waals surface area contributed by atoms with Gasteiger partial charge in [0, 0.05) is 17.9 Å². The Kier molecular flexibility index (Phi) is 5.27. The molecule has 3 rings (SSSR count). The number of benzene rings is 3. The Bertz CT molecular complexity index is 798. The lowest BCUT2D eigenvalue weighted by Crippen LogP contribution is -1.99. The van der Waals surface area contributed by atoms with Gasteiger partial charge in [-0.25, -0.2) is 8.78 Å². The molecular weight excluding hydrogens is 326 g/mol. The summed E-state index contributed by atoms with van der Waals surface area (Å²) in [5.41, 5.74) is 2.85. The van der Waals surface area contributed by atoms with Crippen molar-refractivity contribution < 1.29 is 8.78 Å². The van der Waals surface area contributed by atoms with E-state index < -0.39 is 6.17 Å². The van der Waals surface area contributed by atoms with Crippen LogP contribution in [0, 0.1) is 5.82 Å². The summed E-state index contributed by atoms with van der Waals surface area (Å²) in [5, 5.41) is 0.657. The van der Waals surface area contributed by atoms with Crippen LogP contribution in [-0.4, -0.2) is 0 Å². The van der Waals surface area contributed by atoms with Gasteiger partial charge in [-0.3, -0.25) is 0 Å². The smallest absolute Gasteiger partial charge is 0.129 e. The molecule has 3 aromatic carbocycles. The van der Waals surface area contributed by atoms with Crippen LogP contribution in [0.2, 0.25) is 5.02 Å². The Morgan fingerprint density at radius 3 is 2.17 bits per heavy atom. The Morgan fingerprint density at radius 2 is 1.50 bits per heavy atom. The van der Waals surface area contributed by atoms with Crippen LogP contribution in [0.4, 0.5) is 8.78 Å². The van der Waals surface area contributed by atoms with Gasteiger partial charge in [-0.2, -0.15) is 0 Å². The summed E-state index contributed by atoms with van der Waals surface area (Å²) < 4.78 is 28.6. The first-order valence-electron chi connectivity index (χ1n) is 7.82. The molecule has 122 valence electrons. The van der Waals surface area contributed by atoms with Crippen molar-refractivity contribution in [3.63, 3.8) is 0 Å². The van der Waals surface area contributed by atoms with Crippen molar-refractivity contribution in [3.05, 3.63) is 106 Å².